The zero-order chi connectivity index (χ0) is 27.1. The highest BCUT2D eigenvalue weighted by Gasteiger charge is 2.33. The van der Waals surface area contributed by atoms with Gasteiger partial charge in [0.05, 0.1) is 19.1 Å². The normalized spacial score (nSPS) is 18.1. The van der Waals surface area contributed by atoms with E-state index < -0.39 is 0 Å². The van der Waals surface area contributed by atoms with Crippen molar-refractivity contribution in [3.63, 3.8) is 0 Å². The van der Waals surface area contributed by atoms with Crippen molar-refractivity contribution in [1.82, 2.24) is 10.2 Å². The SMILES string of the molecule is Cc1ccc(-c2ccoc2C(=O)NC2CCN(CCC3(CCOC(=O)c4ccco4)CCCCC3)CC2)cc1. The molecule has 5 rings (SSSR count). The summed E-state index contributed by atoms with van der Waals surface area (Å²) in [6, 6.07) is 13.5. The van der Waals surface area contributed by atoms with Crippen LogP contribution in [0.15, 0.2) is 63.8 Å². The van der Waals surface area contributed by atoms with Gasteiger partial charge in [0.25, 0.3) is 5.91 Å². The first-order chi connectivity index (χ1) is 19.0. The molecule has 7 nitrogen and oxygen atoms in total. The maximum atomic E-state index is 13.1. The average Bonchev–Trinajstić information content (AvgIpc) is 3.67. The first-order valence-corrected chi connectivity index (χ1v) is 14.4. The lowest BCUT2D eigenvalue weighted by Gasteiger charge is -2.40. The van der Waals surface area contributed by atoms with Crippen molar-refractivity contribution in [3.8, 4) is 11.1 Å². The predicted molar refractivity (Wildman–Crippen MR) is 150 cm³/mol. The van der Waals surface area contributed by atoms with E-state index in [1.165, 1.54) is 43.9 Å². The molecule has 1 amide bonds. The van der Waals surface area contributed by atoms with Crippen LogP contribution in [-0.4, -0.2) is 49.1 Å². The number of hydrogen-bond acceptors (Lipinski definition) is 6. The third-order valence-electron chi connectivity index (χ3n) is 8.62. The van der Waals surface area contributed by atoms with Crippen LogP contribution >= 0.6 is 0 Å². The van der Waals surface area contributed by atoms with E-state index >= 15 is 0 Å². The molecule has 7 heteroatoms. The third kappa shape index (κ3) is 7.01. The Morgan fingerprint density at radius 2 is 1.74 bits per heavy atom. The number of amides is 1. The number of rotatable bonds is 10. The van der Waals surface area contributed by atoms with Crippen LogP contribution in [0, 0.1) is 12.3 Å². The van der Waals surface area contributed by atoms with Gasteiger partial charge in [0.15, 0.2) is 5.76 Å². The highest BCUT2D eigenvalue weighted by molar-refractivity contribution is 5.98. The molecular weight excluding hydrogens is 492 g/mol. The molecule has 208 valence electrons. The number of piperidine rings is 1. The molecule has 0 radical (unpaired) electrons. The van der Waals surface area contributed by atoms with Gasteiger partial charge in [0, 0.05) is 24.7 Å². The minimum absolute atomic E-state index is 0.140. The van der Waals surface area contributed by atoms with E-state index in [2.05, 4.69) is 17.1 Å². The second kappa shape index (κ2) is 12.7. The number of hydrogen-bond donors (Lipinski definition) is 1. The summed E-state index contributed by atoms with van der Waals surface area (Å²) in [6.07, 6.45) is 13.1. The molecule has 0 spiro atoms. The van der Waals surface area contributed by atoms with Crippen LogP contribution in [0.25, 0.3) is 11.1 Å². The Bertz CT molecular complexity index is 1200. The van der Waals surface area contributed by atoms with E-state index in [0.29, 0.717) is 12.4 Å². The molecule has 39 heavy (non-hydrogen) atoms. The standard InChI is InChI=1S/C32H40N2O5/c1-24-7-9-25(10-8-24)27-13-22-38-29(27)30(35)33-26-11-18-34(19-12-26)20-16-32(14-3-2-4-15-32)17-23-39-31(36)28-6-5-21-37-28/h5-10,13,21-22,26H,2-4,11-12,14-20,23H2,1H3,(H,33,35). The van der Waals surface area contributed by atoms with Crippen LogP contribution in [0.3, 0.4) is 0 Å². The van der Waals surface area contributed by atoms with Gasteiger partial charge in [-0.3, -0.25) is 4.79 Å². The number of nitrogens with one attached hydrogen (secondary N) is 1. The van der Waals surface area contributed by atoms with Gasteiger partial charge in [-0.25, -0.2) is 4.79 Å². The lowest BCUT2D eigenvalue weighted by molar-refractivity contribution is 0.0337. The number of esters is 1. The molecule has 1 N–H and O–H groups in total. The van der Waals surface area contributed by atoms with Crippen LogP contribution < -0.4 is 5.32 Å². The smallest absolute Gasteiger partial charge is 0.374 e. The zero-order valence-corrected chi connectivity index (χ0v) is 23.0. The summed E-state index contributed by atoms with van der Waals surface area (Å²) in [6.45, 7) is 5.47. The molecule has 0 bridgehead atoms. The molecule has 0 atom stereocenters. The summed E-state index contributed by atoms with van der Waals surface area (Å²) in [4.78, 5) is 27.8. The largest absolute Gasteiger partial charge is 0.460 e. The molecule has 2 aromatic heterocycles. The first kappa shape index (κ1) is 27.3. The minimum Gasteiger partial charge on any atom is -0.460 e. The summed E-state index contributed by atoms with van der Waals surface area (Å²) in [5, 5.41) is 3.21. The summed E-state index contributed by atoms with van der Waals surface area (Å²) in [5.74, 6) is 0.129. The Balaban J connectivity index is 1.08. The monoisotopic (exact) mass is 532 g/mol. The van der Waals surface area contributed by atoms with Gasteiger partial charge in [-0.1, -0.05) is 49.1 Å². The van der Waals surface area contributed by atoms with Crippen LogP contribution in [0.4, 0.5) is 0 Å². The molecule has 0 unspecified atom stereocenters. The van der Waals surface area contributed by atoms with E-state index in [0.717, 1.165) is 56.4 Å². The minimum atomic E-state index is -0.379. The summed E-state index contributed by atoms with van der Waals surface area (Å²) < 4.78 is 16.3. The van der Waals surface area contributed by atoms with Crippen LogP contribution in [-0.2, 0) is 4.74 Å². The van der Waals surface area contributed by atoms with Gasteiger partial charge < -0.3 is 23.8 Å². The van der Waals surface area contributed by atoms with Crippen molar-refractivity contribution in [2.24, 2.45) is 5.41 Å². The van der Waals surface area contributed by atoms with E-state index in [1.54, 1.807) is 18.4 Å². The van der Waals surface area contributed by atoms with E-state index in [9.17, 15) is 9.59 Å². The summed E-state index contributed by atoms with van der Waals surface area (Å²) in [5.41, 5.74) is 3.24. The van der Waals surface area contributed by atoms with Crippen molar-refractivity contribution in [3.05, 3.63) is 72.1 Å². The van der Waals surface area contributed by atoms with Crippen LogP contribution in [0.1, 0.15) is 84.5 Å². The molecule has 3 aromatic rings. The number of ether oxygens (including phenoxy) is 1. The van der Waals surface area contributed by atoms with Gasteiger partial charge >= 0.3 is 5.97 Å². The molecule has 2 aliphatic rings. The lowest BCUT2D eigenvalue weighted by Crippen LogP contribution is -2.45. The number of carbonyl (C=O) groups is 2. The molecule has 1 saturated carbocycles. The van der Waals surface area contributed by atoms with Gasteiger partial charge in [-0.05, 0) is 81.2 Å². The van der Waals surface area contributed by atoms with Crippen molar-refractivity contribution in [1.29, 1.82) is 0 Å². The van der Waals surface area contributed by atoms with Gasteiger partial charge in [0.1, 0.15) is 0 Å². The van der Waals surface area contributed by atoms with Gasteiger partial charge in [-0.15, -0.1) is 0 Å². The summed E-state index contributed by atoms with van der Waals surface area (Å²) >= 11 is 0. The summed E-state index contributed by atoms with van der Waals surface area (Å²) in [7, 11) is 0. The maximum absolute atomic E-state index is 13.1. The van der Waals surface area contributed by atoms with Crippen LogP contribution in [0.5, 0.6) is 0 Å². The Hall–Kier alpha value is -3.32. The fourth-order valence-electron chi connectivity index (χ4n) is 6.15. The predicted octanol–water partition coefficient (Wildman–Crippen LogP) is 6.63. The molecule has 1 saturated heterocycles. The lowest BCUT2D eigenvalue weighted by atomic mass is 9.69. The Labute approximate surface area is 230 Å². The van der Waals surface area contributed by atoms with Crippen molar-refractivity contribution in [2.75, 3.05) is 26.2 Å². The molecule has 1 aliphatic carbocycles. The number of nitrogens with zero attached hydrogens (tertiary/aromatic N) is 1. The molecular formula is C32H40N2O5. The topological polar surface area (TPSA) is 84.9 Å². The molecule has 1 aromatic carbocycles. The van der Waals surface area contributed by atoms with E-state index in [1.807, 2.05) is 30.3 Å². The molecule has 3 heterocycles. The number of furan rings is 2. The quantitative estimate of drug-likeness (QED) is 0.295. The first-order valence-electron chi connectivity index (χ1n) is 14.4. The Morgan fingerprint density at radius 3 is 2.46 bits per heavy atom. The third-order valence-corrected chi connectivity index (χ3v) is 8.62. The number of likely N-dealkylation sites (tertiary alicyclic amines) is 1. The van der Waals surface area contributed by atoms with Crippen molar-refractivity contribution in [2.45, 2.75) is 70.8 Å². The second-order valence-electron chi connectivity index (χ2n) is 11.3. The highest BCUT2D eigenvalue weighted by Crippen LogP contribution is 2.42. The average molecular weight is 533 g/mol. The number of aryl methyl sites for hydroxylation is 1. The van der Waals surface area contributed by atoms with E-state index in [4.69, 9.17) is 13.6 Å². The van der Waals surface area contributed by atoms with Gasteiger partial charge in [0.2, 0.25) is 5.76 Å². The second-order valence-corrected chi connectivity index (χ2v) is 11.3. The Kier molecular flexibility index (Phi) is 8.87. The van der Waals surface area contributed by atoms with Crippen LogP contribution in [0.2, 0.25) is 0 Å². The molecule has 1 aliphatic heterocycles. The number of benzene rings is 1. The highest BCUT2D eigenvalue weighted by atomic mass is 16.5. The maximum Gasteiger partial charge on any atom is 0.374 e. The van der Waals surface area contributed by atoms with E-state index in [-0.39, 0.29) is 29.1 Å². The van der Waals surface area contributed by atoms with Crippen molar-refractivity contribution >= 4 is 11.9 Å². The number of carbonyl (C=O) groups excluding carboxylic acids is 2. The van der Waals surface area contributed by atoms with Gasteiger partial charge in [-0.2, -0.15) is 0 Å². The fourth-order valence-corrected chi connectivity index (χ4v) is 6.15. The fraction of sp³-hybridized carbons (Fsp3) is 0.500. The van der Waals surface area contributed by atoms with Crippen molar-refractivity contribution < 1.29 is 23.2 Å². The Morgan fingerprint density at radius 1 is 0.974 bits per heavy atom. The molecule has 2 fully saturated rings. The zero-order valence-electron chi connectivity index (χ0n) is 23.0.